The molecule has 170 valence electrons. The van der Waals surface area contributed by atoms with Crippen molar-refractivity contribution in [3.05, 3.63) is 66.7 Å². The summed E-state index contributed by atoms with van der Waals surface area (Å²) < 4.78 is 31.0. The number of para-hydroxylation sites is 1. The third kappa shape index (κ3) is 5.32. The van der Waals surface area contributed by atoms with Crippen molar-refractivity contribution in [2.75, 3.05) is 18.2 Å². The largest absolute Gasteiger partial charge is 0.507 e. The molecule has 7 nitrogen and oxygen atoms in total. The summed E-state index contributed by atoms with van der Waals surface area (Å²) in [6.07, 6.45) is 0.232. The van der Waals surface area contributed by atoms with Gasteiger partial charge in [-0.1, -0.05) is 12.1 Å². The van der Waals surface area contributed by atoms with Gasteiger partial charge in [-0.25, -0.2) is 13.4 Å². The number of phenols is 1. The fraction of sp³-hybridized carbons (Fsp3) is 0.167. The third-order valence-corrected chi connectivity index (χ3v) is 7.93. The lowest BCUT2D eigenvalue weighted by Gasteiger charge is -2.09. The van der Waals surface area contributed by atoms with E-state index in [1.54, 1.807) is 24.3 Å². The average molecular weight is 483 g/mol. The number of ether oxygens (including phenoxy) is 1. The van der Waals surface area contributed by atoms with Crippen LogP contribution in [0.25, 0.3) is 20.8 Å². The van der Waals surface area contributed by atoms with Crippen LogP contribution in [0.5, 0.6) is 11.5 Å². The summed E-state index contributed by atoms with van der Waals surface area (Å²) in [6.45, 7) is 0. The van der Waals surface area contributed by atoms with E-state index in [0.717, 1.165) is 10.2 Å². The molecular weight excluding hydrogens is 460 g/mol. The Morgan fingerprint density at radius 3 is 2.58 bits per heavy atom. The molecule has 0 aliphatic heterocycles. The number of anilines is 1. The third-order valence-electron chi connectivity index (χ3n) is 5.04. The number of rotatable bonds is 8. The molecule has 0 bridgehead atoms. The van der Waals surface area contributed by atoms with Crippen LogP contribution in [-0.2, 0) is 14.6 Å². The van der Waals surface area contributed by atoms with Gasteiger partial charge in [0.15, 0.2) is 9.84 Å². The quantitative estimate of drug-likeness (QED) is 0.347. The molecule has 9 heteroatoms. The molecule has 0 unspecified atom stereocenters. The van der Waals surface area contributed by atoms with Gasteiger partial charge in [-0.3, -0.25) is 4.79 Å². The summed E-state index contributed by atoms with van der Waals surface area (Å²) >= 11 is 1.45. The SMILES string of the molecule is COc1ccc(S(=O)(=O)CCCC(=O)Nc2ccc(O)c(-c3nc4ccccc4s3)c2)cc1. The molecule has 0 fully saturated rings. The Morgan fingerprint density at radius 2 is 1.85 bits per heavy atom. The second kappa shape index (κ2) is 9.60. The van der Waals surface area contributed by atoms with Crippen LogP contribution in [0.15, 0.2) is 71.6 Å². The maximum absolute atomic E-state index is 12.5. The fourth-order valence-electron chi connectivity index (χ4n) is 3.32. The summed E-state index contributed by atoms with van der Waals surface area (Å²) in [5.41, 5.74) is 1.87. The zero-order chi connectivity index (χ0) is 23.4. The van der Waals surface area contributed by atoms with Crippen LogP contribution in [-0.4, -0.2) is 37.3 Å². The predicted molar refractivity (Wildman–Crippen MR) is 130 cm³/mol. The highest BCUT2D eigenvalue weighted by Crippen LogP contribution is 2.36. The summed E-state index contributed by atoms with van der Waals surface area (Å²) in [6, 6.07) is 18.6. The first-order valence-corrected chi connectivity index (χ1v) is 12.7. The number of thiazole rings is 1. The Labute approximate surface area is 195 Å². The van der Waals surface area contributed by atoms with Gasteiger partial charge in [0, 0.05) is 12.1 Å². The number of nitrogens with zero attached hydrogens (tertiary/aromatic N) is 1. The van der Waals surface area contributed by atoms with E-state index in [1.165, 1.54) is 36.6 Å². The van der Waals surface area contributed by atoms with E-state index >= 15 is 0 Å². The number of benzene rings is 3. The highest BCUT2D eigenvalue weighted by molar-refractivity contribution is 7.91. The average Bonchev–Trinajstić information content (AvgIpc) is 3.24. The summed E-state index contributed by atoms with van der Waals surface area (Å²) in [5, 5.41) is 13.7. The van der Waals surface area contributed by atoms with Gasteiger partial charge in [-0.05, 0) is 61.0 Å². The van der Waals surface area contributed by atoms with Gasteiger partial charge in [0.2, 0.25) is 5.91 Å². The van der Waals surface area contributed by atoms with E-state index in [9.17, 15) is 18.3 Å². The van der Waals surface area contributed by atoms with Gasteiger partial charge in [0.1, 0.15) is 16.5 Å². The normalized spacial score (nSPS) is 11.4. The molecule has 0 aliphatic rings. The van der Waals surface area contributed by atoms with E-state index in [1.807, 2.05) is 24.3 Å². The molecule has 4 rings (SSSR count). The van der Waals surface area contributed by atoms with Crippen LogP contribution < -0.4 is 10.1 Å². The molecule has 1 aromatic heterocycles. The molecule has 1 heterocycles. The fourth-order valence-corrected chi connectivity index (χ4v) is 5.62. The molecule has 0 saturated heterocycles. The van der Waals surface area contributed by atoms with E-state index < -0.39 is 9.84 Å². The summed E-state index contributed by atoms with van der Waals surface area (Å²) in [7, 11) is -1.98. The number of phenolic OH excluding ortho intramolecular Hbond substituents is 1. The number of hydrogen-bond acceptors (Lipinski definition) is 7. The molecule has 0 atom stereocenters. The summed E-state index contributed by atoms with van der Waals surface area (Å²) in [5.74, 6) is 0.199. The van der Waals surface area contributed by atoms with E-state index in [2.05, 4.69) is 10.3 Å². The highest BCUT2D eigenvalue weighted by Gasteiger charge is 2.16. The Kier molecular flexibility index (Phi) is 6.62. The number of nitrogens with one attached hydrogen (secondary N) is 1. The lowest BCUT2D eigenvalue weighted by molar-refractivity contribution is -0.116. The number of hydrogen-bond donors (Lipinski definition) is 2. The Bertz CT molecular complexity index is 1360. The standard InChI is InChI=1S/C24H22N2O5S2/c1-31-17-9-11-18(12-10-17)33(29,30)14-4-7-23(28)25-16-8-13-21(27)19(15-16)24-26-20-5-2-3-6-22(20)32-24/h2-3,5-6,8-13,15,27H,4,7,14H2,1H3,(H,25,28). The van der Waals surface area contributed by atoms with Gasteiger partial charge in [-0.15, -0.1) is 11.3 Å². The first-order chi connectivity index (χ1) is 15.9. The smallest absolute Gasteiger partial charge is 0.224 e. The number of sulfone groups is 1. The number of carbonyl (C=O) groups excluding carboxylic acids is 1. The van der Waals surface area contributed by atoms with Crippen LogP contribution in [0.4, 0.5) is 5.69 Å². The molecule has 2 N–H and O–H groups in total. The minimum absolute atomic E-state index is 0.0483. The number of aromatic nitrogens is 1. The monoisotopic (exact) mass is 482 g/mol. The second-order valence-electron chi connectivity index (χ2n) is 7.36. The number of methoxy groups -OCH3 is 1. The first kappa shape index (κ1) is 22.8. The van der Waals surface area contributed by atoms with Crippen molar-refractivity contribution >= 4 is 43.0 Å². The Hall–Kier alpha value is -3.43. The number of fused-ring (bicyclic) bond motifs is 1. The zero-order valence-corrected chi connectivity index (χ0v) is 19.4. The lowest BCUT2D eigenvalue weighted by atomic mass is 10.1. The van der Waals surface area contributed by atoms with Crippen molar-refractivity contribution < 1.29 is 23.1 Å². The molecular formula is C24H22N2O5S2. The van der Waals surface area contributed by atoms with Crippen LogP contribution in [0.3, 0.4) is 0 Å². The molecule has 4 aromatic rings. The minimum atomic E-state index is -3.49. The molecule has 33 heavy (non-hydrogen) atoms. The van der Waals surface area contributed by atoms with Gasteiger partial charge in [-0.2, -0.15) is 0 Å². The Morgan fingerprint density at radius 1 is 1.09 bits per heavy atom. The summed E-state index contributed by atoms with van der Waals surface area (Å²) in [4.78, 5) is 17.1. The molecule has 0 saturated carbocycles. The number of aromatic hydroxyl groups is 1. The molecule has 3 aromatic carbocycles. The maximum atomic E-state index is 12.5. The van der Waals surface area contributed by atoms with Crippen LogP contribution in [0.1, 0.15) is 12.8 Å². The molecule has 1 amide bonds. The van der Waals surface area contributed by atoms with Gasteiger partial charge < -0.3 is 15.2 Å². The zero-order valence-electron chi connectivity index (χ0n) is 17.8. The van der Waals surface area contributed by atoms with Crippen molar-refractivity contribution in [2.45, 2.75) is 17.7 Å². The van der Waals surface area contributed by atoms with Crippen LogP contribution in [0, 0.1) is 0 Å². The van der Waals surface area contributed by atoms with Gasteiger partial charge in [0.25, 0.3) is 0 Å². The van der Waals surface area contributed by atoms with Gasteiger partial charge in [0.05, 0.1) is 33.5 Å². The van der Waals surface area contributed by atoms with Crippen molar-refractivity contribution in [1.82, 2.24) is 4.98 Å². The van der Waals surface area contributed by atoms with Crippen molar-refractivity contribution in [3.8, 4) is 22.1 Å². The number of carbonyl (C=O) groups is 1. The topological polar surface area (TPSA) is 106 Å². The number of amides is 1. The van der Waals surface area contributed by atoms with Crippen molar-refractivity contribution in [1.29, 1.82) is 0 Å². The highest BCUT2D eigenvalue weighted by atomic mass is 32.2. The van der Waals surface area contributed by atoms with Crippen LogP contribution >= 0.6 is 11.3 Å². The van der Waals surface area contributed by atoms with Crippen LogP contribution in [0.2, 0.25) is 0 Å². The van der Waals surface area contributed by atoms with Crippen molar-refractivity contribution in [2.24, 2.45) is 0 Å². The first-order valence-electron chi connectivity index (χ1n) is 10.2. The van der Waals surface area contributed by atoms with Crippen molar-refractivity contribution in [3.63, 3.8) is 0 Å². The second-order valence-corrected chi connectivity index (χ2v) is 10.5. The van der Waals surface area contributed by atoms with E-state index in [4.69, 9.17) is 4.74 Å². The lowest BCUT2D eigenvalue weighted by Crippen LogP contribution is -2.14. The van der Waals surface area contributed by atoms with Gasteiger partial charge >= 0.3 is 0 Å². The molecule has 0 radical (unpaired) electrons. The Balaban J connectivity index is 1.39. The minimum Gasteiger partial charge on any atom is -0.507 e. The molecule has 0 aliphatic carbocycles. The maximum Gasteiger partial charge on any atom is 0.224 e. The van der Waals surface area contributed by atoms with E-state index in [0.29, 0.717) is 22.0 Å². The predicted octanol–water partition coefficient (Wildman–Crippen LogP) is 4.87. The van der Waals surface area contributed by atoms with E-state index in [-0.39, 0.29) is 35.1 Å². The molecule has 0 spiro atoms.